The molecule has 0 aromatic heterocycles. The summed E-state index contributed by atoms with van der Waals surface area (Å²) in [5.41, 5.74) is -0.152. The van der Waals surface area contributed by atoms with E-state index in [4.69, 9.17) is 0 Å². The van der Waals surface area contributed by atoms with Crippen molar-refractivity contribution < 1.29 is 5.11 Å². The maximum atomic E-state index is 9.70. The van der Waals surface area contributed by atoms with Crippen molar-refractivity contribution in [3.8, 4) is 0 Å². The summed E-state index contributed by atoms with van der Waals surface area (Å²) in [5.74, 6) is 0. The van der Waals surface area contributed by atoms with Crippen molar-refractivity contribution in [3.63, 3.8) is 0 Å². The highest BCUT2D eigenvalue weighted by Crippen LogP contribution is 2.19. The minimum absolute atomic E-state index is 0.152. The molecule has 0 bridgehead atoms. The Labute approximate surface area is 125 Å². The first-order valence-electron chi connectivity index (χ1n) is 8.29. The van der Waals surface area contributed by atoms with E-state index >= 15 is 0 Å². The molecular formula is C16H35N3O. The SMILES string of the molecule is CCCNC(C)(CO)CC(C)N1CCN(CC)C(C)C1. The highest BCUT2D eigenvalue weighted by atomic mass is 16.3. The predicted octanol–water partition coefficient (Wildman–Crippen LogP) is 1.54. The van der Waals surface area contributed by atoms with Crippen LogP contribution in [0, 0.1) is 0 Å². The molecule has 1 saturated heterocycles. The lowest BCUT2D eigenvalue weighted by molar-refractivity contribution is 0.0446. The van der Waals surface area contributed by atoms with Gasteiger partial charge in [0.05, 0.1) is 6.61 Å². The van der Waals surface area contributed by atoms with Gasteiger partial charge in [-0.05, 0) is 46.7 Å². The van der Waals surface area contributed by atoms with Crippen LogP contribution in [0.15, 0.2) is 0 Å². The average Bonchev–Trinajstić information content (AvgIpc) is 2.45. The summed E-state index contributed by atoms with van der Waals surface area (Å²) in [5, 5.41) is 13.2. The van der Waals surface area contributed by atoms with Crippen molar-refractivity contribution >= 4 is 0 Å². The summed E-state index contributed by atoms with van der Waals surface area (Å²) >= 11 is 0. The Hall–Kier alpha value is -0.160. The molecule has 4 heteroatoms. The van der Waals surface area contributed by atoms with Gasteiger partial charge < -0.3 is 10.4 Å². The molecule has 0 amide bonds. The first-order valence-corrected chi connectivity index (χ1v) is 8.29. The molecule has 0 aromatic rings. The minimum atomic E-state index is -0.152. The van der Waals surface area contributed by atoms with Crippen molar-refractivity contribution in [2.24, 2.45) is 0 Å². The number of rotatable bonds is 8. The molecule has 0 aliphatic carbocycles. The molecule has 1 heterocycles. The van der Waals surface area contributed by atoms with Gasteiger partial charge in [-0.25, -0.2) is 0 Å². The second-order valence-electron chi connectivity index (χ2n) is 6.67. The van der Waals surface area contributed by atoms with Crippen molar-refractivity contribution in [1.29, 1.82) is 0 Å². The van der Waals surface area contributed by atoms with Crippen LogP contribution in [0.4, 0.5) is 0 Å². The molecule has 0 aromatic carbocycles. The number of nitrogens with one attached hydrogen (secondary N) is 1. The molecular weight excluding hydrogens is 250 g/mol. The minimum Gasteiger partial charge on any atom is -0.394 e. The third kappa shape index (κ3) is 4.99. The third-order valence-corrected chi connectivity index (χ3v) is 4.72. The molecule has 120 valence electrons. The average molecular weight is 285 g/mol. The van der Waals surface area contributed by atoms with E-state index < -0.39 is 0 Å². The molecule has 0 saturated carbocycles. The fourth-order valence-electron chi connectivity index (χ4n) is 3.29. The molecule has 3 unspecified atom stereocenters. The zero-order valence-corrected chi connectivity index (χ0v) is 14.2. The molecule has 0 radical (unpaired) electrons. The fourth-order valence-corrected chi connectivity index (χ4v) is 3.29. The van der Waals surface area contributed by atoms with Gasteiger partial charge >= 0.3 is 0 Å². The molecule has 2 N–H and O–H groups in total. The summed E-state index contributed by atoms with van der Waals surface area (Å²) in [6.07, 6.45) is 2.11. The zero-order valence-electron chi connectivity index (χ0n) is 14.2. The van der Waals surface area contributed by atoms with Gasteiger partial charge in [0, 0.05) is 37.3 Å². The van der Waals surface area contributed by atoms with Crippen LogP contribution in [-0.2, 0) is 0 Å². The molecule has 0 spiro atoms. The zero-order chi connectivity index (χ0) is 15.2. The Morgan fingerprint density at radius 2 is 2.05 bits per heavy atom. The highest BCUT2D eigenvalue weighted by molar-refractivity contribution is 4.89. The lowest BCUT2D eigenvalue weighted by Gasteiger charge is -2.44. The van der Waals surface area contributed by atoms with Crippen LogP contribution >= 0.6 is 0 Å². The predicted molar refractivity (Wildman–Crippen MR) is 86.1 cm³/mol. The standard InChI is InChI=1S/C16H35N3O/c1-6-8-17-16(5,13-20)11-14(3)19-10-9-18(7-2)15(4)12-19/h14-15,17,20H,6-13H2,1-5H3. The monoisotopic (exact) mass is 285 g/mol. The Balaban J connectivity index is 2.51. The summed E-state index contributed by atoms with van der Waals surface area (Å²) in [7, 11) is 0. The van der Waals surface area contributed by atoms with Gasteiger partial charge in [-0.1, -0.05) is 13.8 Å². The Morgan fingerprint density at radius 1 is 1.35 bits per heavy atom. The van der Waals surface area contributed by atoms with Gasteiger partial charge in [-0.15, -0.1) is 0 Å². The summed E-state index contributed by atoms with van der Waals surface area (Å²) in [4.78, 5) is 5.13. The van der Waals surface area contributed by atoms with Gasteiger partial charge in [-0.3, -0.25) is 9.80 Å². The summed E-state index contributed by atoms with van der Waals surface area (Å²) < 4.78 is 0. The van der Waals surface area contributed by atoms with Crippen LogP contribution in [0.2, 0.25) is 0 Å². The molecule has 1 aliphatic rings. The van der Waals surface area contributed by atoms with Crippen LogP contribution in [0.3, 0.4) is 0 Å². The molecule has 20 heavy (non-hydrogen) atoms. The number of aliphatic hydroxyl groups excluding tert-OH is 1. The normalized spacial score (nSPS) is 26.4. The van der Waals surface area contributed by atoms with E-state index in [0.29, 0.717) is 12.1 Å². The second-order valence-corrected chi connectivity index (χ2v) is 6.67. The topological polar surface area (TPSA) is 38.7 Å². The van der Waals surface area contributed by atoms with Gasteiger partial charge in [0.2, 0.25) is 0 Å². The molecule has 1 fully saturated rings. The van der Waals surface area contributed by atoms with E-state index in [1.807, 2.05) is 0 Å². The first-order chi connectivity index (χ1) is 9.45. The molecule has 4 nitrogen and oxygen atoms in total. The quantitative estimate of drug-likeness (QED) is 0.710. The maximum absolute atomic E-state index is 9.70. The van der Waals surface area contributed by atoms with E-state index in [0.717, 1.165) is 39.0 Å². The first kappa shape index (κ1) is 17.9. The number of likely N-dealkylation sites (N-methyl/N-ethyl adjacent to an activating group) is 1. The van der Waals surface area contributed by atoms with E-state index in [1.165, 1.54) is 6.54 Å². The summed E-state index contributed by atoms with van der Waals surface area (Å²) in [6.45, 7) is 17.0. The number of hydrogen-bond acceptors (Lipinski definition) is 4. The van der Waals surface area contributed by atoms with Crippen molar-refractivity contribution in [2.75, 3.05) is 39.3 Å². The number of nitrogens with zero attached hydrogens (tertiary/aromatic N) is 2. The van der Waals surface area contributed by atoms with Crippen LogP contribution in [0.5, 0.6) is 0 Å². The van der Waals surface area contributed by atoms with Gasteiger partial charge in [0.25, 0.3) is 0 Å². The van der Waals surface area contributed by atoms with Crippen LogP contribution in [0.1, 0.15) is 47.5 Å². The maximum Gasteiger partial charge on any atom is 0.0611 e. The fraction of sp³-hybridized carbons (Fsp3) is 1.00. The van der Waals surface area contributed by atoms with Crippen molar-refractivity contribution in [2.45, 2.75) is 65.1 Å². The Morgan fingerprint density at radius 3 is 2.55 bits per heavy atom. The third-order valence-electron chi connectivity index (χ3n) is 4.72. The van der Waals surface area contributed by atoms with Crippen LogP contribution in [0.25, 0.3) is 0 Å². The molecule has 1 aliphatic heterocycles. The lowest BCUT2D eigenvalue weighted by Crippen LogP contribution is -2.57. The van der Waals surface area contributed by atoms with Crippen molar-refractivity contribution in [1.82, 2.24) is 15.1 Å². The largest absolute Gasteiger partial charge is 0.394 e. The number of aliphatic hydroxyl groups is 1. The molecule has 3 atom stereocenters. The molecule has 1 rings (SSSR count). The van der Waals surface area contributed by atoms with E-state index in [2.05, 4.69) is 49.7 Å². The summed E-state index contributed by atoms with van der Waals surface area (Å²) in [6, 6.07) is 1.15. The van der Waals surface area contributed by atoms with E-state index in [1.54, 1.807) is 0 Å². The Bertz CT molecular complexity index is 274. The highest BCUT2D eigenvalue weighted by Gasteiger charge is 2.31. The Kier molecular flexibility index (Phi) is 7.45. The lowest BCUT2D eigenvalue weighted by atomic mass is 9.93. The van der Waals surface area contributed by atoms with Crippen molar-refractivity contribution in [3.05, 3.63) is 0 Å². The van der Waals surface area contributed by atoms with E-state index in [-0.39, 0.29) is 12.1 Å². The number of piperazine rings is 1. The second kappa shape index (κ2) is 8.32. The van der Waals surface area contributed by atoms with E-state index in [9.17, 15) is 5.11 Å². The van der Waals surface area contributed by atoms with Crippen LogP contribution in [-0.4, -0.2) is 71.9 Å². The number of hydrogen-bond donors (Lipinski definition) is 2. The van der Waals surface area contributed by atoms with Crippen LogP contribution < -0.4 is 5.32 Å². The van der Waals surface area contributed by atoms with Gasteiger partial charge in [0.1, 0.15) is 0 Å². The van der Waals surface area contributed by atoms with Gasteiger partial charge in [-0.2, -0.15) is 0 Å². The van der Waals surface area contributed by atoms with Gasteiger partial charge in [0.15, 0.2) is 0 Å². The smallest absolute Gasteiger partial charge is 0.0611 e.